The topological polar surface area (TPSA) is 114 Å². The number of nitrogens with one attached hydrogen (secondary N) is 1. The number of hydrogen-bond acceptors (Lipinski definition) is 8. The molecule has 4 saturated heterocycles. The molecule has 0 radical (unpaired) electrons. The molecular formula is C28H34N4O6S. The van der Waals surface area contributed by atoms with Crippen molar-refractivity contribution in [1.82, 2.24) is 15.1 Å². The summed E-state index contributed by atoms with van der Waals surface area (Å²) in [5.74, 6) is 1.93. The summed E-state index contributed by atoms with van der Waals surface area (Å²) in [7, 11) is 1.64. The van der Waals surface area contributed by atoms with Gasteiger partial charge < -0.3 is 19.7 Å². The Labute approximate surface area is 232 Å². The molecule has 11 heteroatoms. The third-order valence-electron chi connectivity index (χ3n) is 7.94. The number of rotatable bonds is 9. The van der Waals surface area contributed by atoms with Crippen LogP contribution in [-0.2, 0) is 21.9 Å². The number of benzene rings is 2. The highest BCUT2D eigenvalue weighted by molar-refractivity contribution is 7.99. The molecule has 208 valence electrons. The Morgan fingerprint density at radius 2 is 1.74 bits per heavy atom. The van der Waals surface area contributed by atoms with Crippen LogP contribution in [0.3, 0.4) is 0 Å². The minimum atomic E-state index is -0.599. The number of nitro benzene ring substituents is 1. The van der Waals surface area contributed by atoms with Crippen LogP contribution in [0.15, 0.2) is 48.5 Å². The average molecular weight is 555 g/mol. The lowest BCUT2D eigenvalue weighted by Gasteiger charge is -2.45. The molecule has 2 amide bonds. The number of methoxy groups -OCH3 is 1. The number of piperidine rings is 3. The van der Waals surface area contributed by atoms with Crippen molar-refractivity contribution in [1.29, 1.82) is 0 Å². The zero-order chi connectivity index (χ0) is 27.4. The molecule has 4 heterocycles. The standard InChI is InChI=1S/C28H34N4O6S/c1-37-23-8-4-20(5-9-23)18-39-24-14-26(27(33)29-25-16-30-12-10-21(25)11-13-30)31(15-24)28(34)38-17-19-2-6-22(7-3-19)32(35)36/h2-9,21,24-26H,10-18H2,1H3,(H,29,33)/t24-,25?,26?/m0/s1. The molecule has 10 nitrogen and oxygen atoms in total. The lowest BCUT2D eigenvalue weighted by molar-refractivity contribution is -0.384. The van der Waals surface area contributed by atoms with Gasteiger partial charge in [0, 0.05) is 42.3 Å². The van der Waals surface area contributed by atoms with Crippen LogP contribution in [-0.4, -0.2) is 77.3 Å². The second-order valence-electron chi connectivity index (χ2n) is 10.4. The van der Waals surface area contributed by atoms with Gasteiger partial charge in [0.1, 0.15) is 18.4 Å². The second kappa shape index (κ2) is 12.3. The first-order valence-corrected chi connectivity index (χ1v) is 14.4. The molecule has 0 spiro atoms. The second-order valence-corrected chi connectivity index (χ2v) is 11.7. The Balaban J connectivity index is 1.23. The fourth-order valence-corrected chi connectivity index (χ4v) is 6.86. The third kappa shape index (κ3) is 6.65. The van der Waals surface area contributed by atoms with Crippen molar-refractivity contribution < 1.29 is 24.0 Å². The third-order valence-corrected chi connectivity index (χ3v) is 9.25. The fraction of sp³-hybridized carbons (Fsp3) is 0.500. The van der Waals surface area contributed by atoms with Crippen molar-refractivity contribution in [2.24, 2.45) is 5.92 Å². The van der Waals surface area contributed by atoms with Gasteiger partial charge in [-0.3, -0.25) is 19.8 Å². The molecular weight excluding hydrogens is 520 g/mol. The Kier molecular flexibility index (Phi) is 8.56. The van der Waals surface area contributed by atoms with Gasteiger partial charge in [0.2, 0.25) is 5.91 Å². The van der Waals surface area contributed by atoms with E-state index in [1.807, 2.05) is 24.3 Å². The molecule has 4 aliphatic rings. The Morgan fingerprint density at radius 3 is 2.36 bits per heavy atom. The fourth-order valence-electron chi connectivity index (χ4n) is 5.65. The minimum Gasteiger partial charge on any atom is -0.497 e. The van der Waals surface area contributed by atoms with Gasteiger partial charge in [-0.2, -0.15) is 11.8 Å². The molecule has 1 N–H and O–H groups in total. The van der Waals surface area contributed by atoms with Gasteiger partial charge in [-0.1, -0.05) is 12.1 Å². The zero-order valence-corrected chi connectivity index (χ0v) is 22.8. The summed E-state index contributed by atoms with van der Waals surface area (Å²) in [6, 6.07) is 13.3. The maximum absolute atomic E-state index is 13.5. The monoisotopic (exact) mass is 554 g/mol. The van der Waals surface area contributed by atoms with Gasteiger partial charge in [-0.25, -0.2) is 4.79 Å². The molecule has 4 fully saturated rings. The van der Waals surface area contributed by atoms with E-state index in [1.165, 1.54) is 12.1 Å². The van der Waals surface area contributed by atoms with E-state index in [0.29, 0.717) is 24.4 Å². The van der Waals surface area contributed by atoms with Gasteiger partial charge in [0.15, 0.2) is 0 Å². The number of nitro groups is 1. The molecule has 2 unspecified atom stereocenters. The lowest BCUT2D eigenvalue weighted by atomic mass is 9.84. The maximum atomic E-state index is 13.5. The maximum Gasteiger partial charge on any atom is 0.410 e. The number of ether oxygens (including phenoxy) is 2. The zero-order valence-electron chi connectivity index (χ0n) is 22.0. The molecule has 2 aromatic carbocycles. The molecule has 2 aromatic rings. The summed E-state index contributed by atoms with van der Waals surface area (Å²) in [6.07, 6.45) is 2.20. The molecule has 2 bridgehead atoms. The summed E-state index contributed by atoms with van der Waals surface area (Å²) >= 11 is 1.73. The summed E-state index contributed by atoms with van der Waals surface area (Å²) in [5.41, 5.74) is 1.77. The Hall–Kier alpha value is -3.31. The molecule has 6 rings (SSSR count). The average Bonchev–Trinajstić information content (AvgIpc) is 3.41. The van der Waals surface area contributed by atoms with Crippen molar-refractivity contribution in [3.8, 4) is 5.75 Å². The van der Waals surface area contributed by atoms with E-state index in [4.69, 9.17) is 9.47 Å². The summed E-state index contributed by atoms with van der Waals surface area (Å²) in [5, 5.41) is 14.2. The van der Waals surface area contributed by atoms with Crippen LogP contribution >= 0.6 is 11.8 Å². The smallest absolute Gasteiger partial charge is 0.410 e. The van der Waals surface area contributed by atoms with Crippen LogP contribution in [0.1, 0.15) is 30.4 Å². The first-order valence-electron chi connectivity index (χ1n) is 13.3. The molecule has 39 heavy (non-hydrogen) atoms. The van der Waals surface area contributed by atoms with Crippen LogP contribution < -0.4 is 10.1 Å². The van der Waals surface area contributed by atoms with E-state index in [0.717, 1.165) is 49.5 Å². The molecule has 0 saturated carbocycles. The molecule has 0 aromatic heterocycles. The highest BCUT2D eigenvalue weighted by Gasteiger charge is 2.43. The largest absolute Gasteiger partial charge is 0.497 e. The number of amides is 2. The number of fused-ring (bicyclic) bond motifs is 3. The highest BCUT2D eigenvalue weighted by Crippen LogP contribution is 2.32. The normalized spacial score (nSPS) is 25.8. The van der Waals surface area contributed by atoms with Crippen LogP contribution in [0.4, 0.5) is 10.5 Å². The predicted molar refractivity (Wildman–Crippen MR) is 148 cm³/mol. The summed E-state index contributed by atoms with van der Waals surface area (Å²) in [4.78, 5) is 41.1. The van der Waals surface area contributed by atoms with E-state index in [9.17, 15) is 19.7 Å². The number of hydrogen-bond donors (Lipinski definition) is 1. The molecule has 0 aliphatic carbocycles. The van der Waals surface area contributed by atoms with Gasteiger partial charge in [0.05, 0.1) is 12.0 Å². The van der Waals surface area contributed by atoms with E-state index in [2.05, 4.69) is 10.2 Å². The van der Waals surface area contributed by atoms with Crippen molar-refractivity contribution in [2.75, 3.05) is 33.3 Å². The van der Waals surface area contributed by atoms with Gasteiger partial charge in [-0.15, -0.1) is 0 Å². The van der Waals surface area contributed by atoms with Gasteiger partial charge >= 0.3 is 6.09 Å². The number of non-ortho nitro benzene ring substituents is 1. The quantitative estimate of drug-likeness (QED) is 0.368. The predicted octanol–water partition coefficient (Wildman–Crippen LogP) is 3.83. The number of likely N-dealkylation sites (tertiary alicyclic amines) is 1. The highest BCUT2D eigenvalue weighted by atomic mass is 32.2. The Bertz CT molecular complexity index is 1170. The molecule has 4 aliphatic heterocycles. The van der Waals surface area contributed by atoms with Crippen molar-refractivity contribution in [3.05, 3.63) is 69.8 Å². The lowest BCUT2D eigenvalue weighted by Crippen LogP contribution is -2.59. The molecule has 3 atom stereocenters. The summed E-state index contributed by atoms with van der Waals surface area (Å²) < 4.78 is 10.8. The van der Waals surface area contributed by atoms with E-state index < -0.39 is 17.1 Å². The van der Waals surface area contributed by atoms with Crippen LogP contribution in [0.2, 0.25) is 0 Å². The van der Waals surface area contributed by atoms with Gasteiger partial charge in [-0.05, 0) is 73.7 Å². The number of thioether (sulfide) groups is 1. The Morgan fingerprint density at radius 1 is 1.05 bits per heavy atom. The van der Waals surface area contributed by atoms with Crippen molar-refractivity contribution >= 4 is 29.4 Å². The van der Waals surface area contributed by atoms with Crippen molar-refractivity contribution in [2.45, 2.75) is 49.0 Å². The van der Waals surface area contributed by atoms with E-state index in [1.54, 1.807) is 35.9 Å². The number of nitrogens with zero attached hydrogens (tertiary/aromatic N) is 3. The van der Waals surface area contributed by atoms with Crippen LogP contribution in [0.5, 0.6) is 5.75 Å². The van der Waals surface area contributed by atoms with Crippen LogP contribution in [0, 0.1) is 16.0 Å². The van der Waals surface area contributed by atoms with E-state index >= 15 is 0 Å². The first kappa shape index (κ1) is 27.3. The number of carbonyl (C=O) groups excluding carboxylic acids is 2. The van der Waals surface area contributed by atoms with Gasteiger partial charge in [0.25, 0.3) is 5.69 Å². The minimum absolute atomic E-state index is 0.0224. The van der Waals surface area contributed by atoms with E-state index in [-0.39, 0.29) is 29.5 Å². The van der Waals surface area contributed by atoms with Crippen molar-refractivity contribution in [3.63, 3.8) is 0 Å². The van der Waals surface area contributed by atoms with Crippen LogP contribution in [0.25, 0.3) is 0 Å². The first-order chi connectivity index (χ1) is 18.9. The number of carbonyl (C=O) groups is 2. The SMILES string of the molecule is COc1ccc(CS[C@H]2CC(C(=O)NC3CN4CCC3CC4)N(C(=O)OCc3ccc([N+](=O)[O-])cc3)C2)cc1. The summed E-state index contributed by atoms with van der Waals surface area (Å²) in [6.45, 7) is 3.43.